The molecular formula is C28H23BO4. The van der Waals surface area contributed by atoms with Crippen LogP contribution in [0.25, 0.3) is 54.6 Å². The summed E-state index contributed by atoms with van der Waals surface area (Å²) in [4.78, 5) is 0. The lowest BCUT2D eigenvalue weighted by atomic mass is 9.78. The number of furan rings is 2. The molecule has 0 N–H and O–H groups in total. The van der Waals surface area contributed by atoms with Crippen molar-refractivity contribution in [2.45, 2.75) is 38.9 Å². The number of fused-ring (bicyclic) bond motifs is 9. The summed E-state index contributed by atoms with van der Waals surface area (Å²) in [6, 6.07) is 22.8. The number of benzene rings is 4. The third kappa shape index (κ3) is 2.49. The lowest BCUT2D eigenvalue weighted by Gasteiger charge is -2.32. The fourth-order valence-electron chi connectivity index (χ4n) is 5.06. The summed E-state index contributed by atoms with van der Waals surface area (Å²) in [6.45, 7) is 8.27. The lowest BCUT2D eigenvalue weighted by Crippen LogP contribution is -2.41. The van der Waals surface area contributed by atoms with Gasteiger partial charge in [-0.2, -0.15) is 0 Å². The van der Waals surface area contributed by atoms with Crippen molar-refractivity contribution in [2.75, 3.05) is 0 Å². The van der Waals surface area contributed by atoms with Gasteiger partial charge in [0.1, 0.15) is 22.3 Å². The zero-order valence-electron chi connectivity index (χ0n) is 19.1. The van der Waals surface area contributed by atoms with Crippen molar-refractivity contribution in [2.24, 2.45) is 0 Å². The van der Waals surface area contributed by atoms with Crippen molar-refractivity contribution < 1.29 is 18.1 Å². The SMILES string of the molecule is CC1(C)OB(c2cccc3c2oc2ccc4ccc5c6ccccc6oc5c4c23)OC1(C)C. The Labute approximate surface area is 191 Å². The third-order valence-corrected chi connectivity index (χ3v) is 7.52. The fraction of sp³-hybridized carbons (Fsp3) is 0.214. The van der Waals surface area contributed by atoms with Crippen LogP contribution in [0, 0.1) is 0 Å². The van der Waals surface area contributed by atoms with Gasteiger partial charge in [0.25, 0.3) is 0 Å². The maximum Gasteiger partial charge on any atom is 0.498 e. The summed E-state index contributed by atoms with van der Waals surface area (Å²) in [5.74, 6) is 0. The first-order chi connectivity index (χ1) is 15.8. The van der Waals surface area contributed by atoms with Crippen LogP contribution in [0.3, 0.4) is 0 Å². The Bertz CT molecular complexity index is 1720. The van der Waals surface area contributed by atoms with Crippen molar-refractivity contribution in [3.8, 4) is 0 Å². The van der Waals surface area contributed by atoms with Crippen molar-refractivity contribution >= 4 is 67.2 Å². The van der Waals surface area contributed by atoms with E-state index < -0.39 is 18.3 Å². The second-order valence-electron chi connectivity index (χ2n) is 9.99. The molecule has 0 aliphatic carbocycles. The van der Waals surface area contributed by atoms with Crippen LogP contribution in [0.2, 0.25) is 0 Å². The van der Waals surface area contributed by atoms with Gasteiger partial charge in [0.15, 0.2) is 0 Å². The van der Waals surface area contributed by atoms with Crippen molar-refractivity contribution in [3.63, 3.8) is 0 Å². The zero-order valence-corrected chi connectivity index (χ0v) is 19.1. The number of para-hydroxylation sites is 2. The van der Waals surface area contributed by atoms with E-state index in [1.54, 1.807) is 0 Å². The molecule has 0 bridgehead atoms. The smallest absolute Gasteiger partial charge is 0.456 e. The van der Waals surface area contributed by atoms with E-state index in [0.717, 1.165) is 60.1 Å². The summed E-state index contributed by atoms with van der Waals surface area (Å²) < 4.78 is 25.5. The van der Waals surface area contributed by atoms with E-state index in [1.807, 2.05) is 30.3 Å². The Morgan fingerprint density at radius 1 is 0.576 bits per heavy atom. The number of rotatable bonds is 1. The highest BCUT2D eigenvalue weighted by Gasteiger charge is 2.52. The quantitative estimate of drug-likeness (QED) is 0.263. The van der Waals surface area contributed by atoms with Crippen LogP contribution >= 0.6 is 0 Å². The minimum Gasteiger partial charge on any atom is -0.456 e. The Balaban J connectivity index is 1.57. The van der Waals surface area contributed by atoms with Gasteiger partial charge in [0, 0.05) is 32.4 Å². The van der Waals surface area contributed by atoms with Gasteiger partial charge in [0.2, 0.25) is 0 Å². The molecule has 7 rings (SSSR count). The summed E-state index contributed by atoms with van der Waals surface area (Å²) in [5, 5.41) is 6.53. The van der Waals surface area contributed by atoms with Gasteiger partial charge in [-0.3, -0.25) is 0 Å². The van der Waals surface area contributed by atoms with E-state index >= 15 is 0 Å². The Hall–Kier alpha value is -3.28. The van der Waals surface area contributed by atoms with Gasteiger partial charge in [0.05, 0.1) is 11.2 Å². The highest BCUT2D eigenvalue weighted by atomic mass is 16.7. The molecule has 1 fully saturated rings. The highest BCUT2D eigenvalue weighted by Crippen LogP contribution is 2.42. The van der Waals surface area contributed by atoms with Crippen molar-refractivity contribution in [3.05, 3.63) is 66.7 Å². The minimum atomic E-state index is -0.489. The summed E-state index contributed by atoms with van der Waals surface area (Å²) in [7, 11) is -0.489. The van der Waals surface area contributed by atoms with Crippen molar-refractivity contribution in [1.82, 2.24) is 0 Å². The molecule has 2 aromatic heterocycles. The first kappa shape index (κ1) is 19.2. The molecule has 1 saturated heterocycles. The third-order valence-electron chi connectivity index (χ3n) is 7.52. The molecule has 0 amide bonds. The normalized spacial score (nSPS) is 17.9. The van der Waals surface area contributed by atoms with Crippen LogP contribution < -0.4 is 5.46 Å². The molecule has 1 aliphatic heterocycles. The molecule has 5 heteroatoms. The molecule has 0 atom stereocenters. The molecule has 33 heavy (non-hydrogen) atoms. The van der Waals surface area contributed by atoms with Gasteiger partial charge >= 0.3 is 7.12 Å². The average molecular weight is 434 g/mol. The van der Waals surface area contributed by atoms with E-state index in [2.05, 4.69) is 64.1 Å². The van der Waals surface area contributed by atoms with Crippen molar-refractivity contribution in [1.29, 1.82) is 0 Å². The van der Waals surface area contributed by atoms with E-state index in [-0.39, 0.29) is 0 Å². The van der Waals surface area contributed by atoms with Gasteiger partial charge in [-0.15, -0.1) is 0 Å². The first-order valence-corrected chi connectivity index (χ1v) is 11.4. The van der Waals surface area contributed by atoms with Gasteiger partial charge < -0.3 is 18.1 Å². The summed E-state index contributed by atoms with van der Waals surface area (Å²) in [5.41, 5.74) is 3.48. The minimum absolute atomic E-state index is 0.418. The Morgan fingerprint density at radius 3 is 2.09 bits per heavy atom. The summed E-state index contributed by atoms with van der Waals surface area (Å²) in [6.07, 6.45) is 0. The van der Waals surface area contributed by atoms with Crippen LogP contribution in [-0.2, 0) is 9.31 Å². The second kappa shape index (κ2) is 6.19. The maximum atomic E-state index is 6.46. The van der Waals surface area contributed by atoms with Crippen LogP contribution in [0.1, 0.15) is 27.7 Å². The molecule has 0 saturated carbocycles. The maximum absolute atomic E-state index is 6.46. The van der Waals surface area contributed by atoms with E-state index in [9.17, 15) is 0 Å². The molecule has 3 heterocycles. The second-order valence-corrected chi connectivity index (χ2v) is 9.99. The summed E-state index contributed by atoms with van der Waals surface area (Å²) >= 11 is 0. The van der Waals surface area contributed by atoms with Crippen LogP contribution in [0.15, 0.2) is 75.6 Å². The standard InChI is InChI=1S/C28H23BO4/c1-27(2)28(3,4)33-29(32-27)20-10-7-9-19-24-22(31-25(19)20)15-13-16-12-14-18-17-8-5-6-11-21(17)30-26(18)23(16)24/h5-15H,1-4H3. The molecule has 0 unspecified atom stereocenters. The largest absolute Gasteiger partial charge is 0.498 e. The molecule has 1 aliphatic rings. The first-order valence-electron chi connectivity index (χ1n) is 11.4. The predicted molar refractivity (Wildman–Crippen MR) is 134 cm³/mol. The topological polar surface area (TPSA) is 44.7 Å². The fourth-order valence-corrected chi connectivity index (χ4v) is 5.06. The Morgan fingerprint density at radius 2 is 1.27 bits per heavy atom. The molecule has 4 aromatic carbocycles. The van der Waals surface area contributed by atoms with Gasteiger partial charge in [-0.25, -0.2) is 0 Å². The average Bonchev–Trinajstić information content (AvgIpc) is 3.42. The number of hydrogen-bond acceptors (Lipinski definition) is 4. The van der Waals surface area contributed by atoms with E-state index in [1.165, 1.54) is 0 Å². The van der Waals surface area contributed by atoms with Crippen LogP contribution in [0.4, 0.5) is 0 Å². The predicted octanol–water partition coefficient (Wildman–Crippen LogP) is 6.94. The van der Waals surface area contributed by atoms with Crippen LogP contribution in [-0.4, -0.2) is 18.3 Å². The number of hydrogen-bond donors (Lipinski definition) is 0. The molecule has 0 radical (unpaired) electrons. The monoisotopic (exact) mass is 434 g/mol. The molecule has 4 nitrogen and oxygen atoms in total. The molecule has 0 spiro atoms. The lowest BCUT2D eigenvalue weighted by molar-refractivity contribution is 0.00578. The Kier molecular flexibility index (Phi) is 3.60. The van der Waals surface area contributed by atoms with Gasteiger partial charge in [-0.05, 0) is 51.3 Å². The van der Waals surface area contributed by atoms with Crippen LogP contribution in [0.5, 0.6) is 0 Å². The van der Waals surface area contributed by atoms with Gasteiger partial charge in [-0.1, -0.05) is 48.5 Å². The van der Waals surface area contributed by atoms with E-state index in [0.29, 0.717) is 0 Å². The molecule has 6 aromatic rings. The highest BCUT2D eigenvalue weighted by molar-refractivity contribution is 6.65. The van der Waals surface area contributed by atoms with E-state index in [4.69, 9.17) is 18.1 Å². The molecule has 162 valence electrons. The molecular weight excluding hydrogens is 411 g/mol. The zero-order chi connectivity index (χ0) is 22.5.